The van der Waals surface area contributed by atoms with Gasteiger partial charge < -0.3 is 9.80 Å². The Morgan fingerprint density at radius 2 is 1.67 bits per heavy atom. The molecule has 0 atom stereocenters. The molecule has 0 unspecified atom stereocenters. The summed E-state index contributed by atoms with van der Waals surface area (Å²) in [6.07, 6.45) is 4.06. The first-order valence-electron chi connectivity index (χ1n) is 10.0. The lowest BCUT2D eigenvalue weighted by Gasteiger charge is -2.43. The number of hydrogen-bond donors (Lipinski definition) is 0. The Morgan fingerprint density at radius 1 is 0.963 bits per heavy atom. The van der Waals surface area contributed by atoms with E-state index >= 15 is 0 Å². The van der Waals surface area contributed by atoms with Gasteiger partial charge in [0.1, 0.15) is 0 Å². The summed E-state index contributed by atoms with van der Waals surface area (Å²) in [7, 11) is 0. The van der Waals surface area contributed by atoms with Crippen molar-refractivity contribution >= 4 is 34.8 Å². The van der Waals surface area contributed by atoms with Crippen LogP contribution in [-0.4, -0.2) is 85.6 Å². The van der Waals surface area contributed by atoms with Gasteiger partial charge in [0.25, 0.3) is 0 Å². The molecule has 148 valence electrons. The number of rotatable bonds is 4. The SMILES string of the molecule is O=C(CN1CCN(c2cccc(Cl)c2Cl)CC1)N1CCN(C2CCC2)CC1. The van der Waals surface area contributed by atoms with Gasteiger partial charge in [0.2, 0.25) is 5.91 Å². The third-order valence-electron chi connectivity index (χ3n) is 6.26. The maximum atomic E-state index is 12.7. The first-order chi connectivity index (χ1) is 13.1. The van der Waals surface area contributed by atoms with E-state index in [0.29, 0.717) is 16.6 Å². The van der Waals surface area contributed by atoms with Gasteiger partial charge in [-0.25, -0.2) is 0 Å². The molecule has 1 aliphatic carbocycles. The highest BCUT2D eigenvalue weighted by Crippen LogP contribution is 2.32. The molecule has 2 aliphatic heterocycles. The summed E-state index contributed by atoms with van der Waals surface area (Å²) < 4.78 is 0. The lowest BCUT2D eigenvalue weighted by molar-refractivity contribution is -0.134. The molecule has 3 aliphatic rings. The molecular formula is C20H28Cl2N4O. The molecule has 1 aromatic carbocycles. The molecule has 1 saturated carbocycles. The van der Waals surface area contributed by atoms with E-state index in [9.17, 15) is 4.79 Å². The lowest BCUT2D eigenvalue weighted by atomic mass is 9.91. The smallest absolute Gasteiger partial charge is 0.236 e. The molecule has 4 rings (SSSR count). The molecule has 7 heteroatoms. The van der Waals surface area contributed by atoms with E-state index in [1.165, 1.54) is 19.3 Å². The van der Waals surface area contributed by atoms with Crippen LogP contribution in [0.1, 0.15) is 19.3 Å². The quantitative estimate of drug-likeness (QED) is 0.763. The van der Waals surface area contributed by atoms with E-state index in [4.69, 9.17) is 23.2 Å². The molecule has 5 nitrogen and oxygen atoms in total. The number of benzene rings is 1. The maximum absolute atomic E-state index is 12.7. The average Bonchev–Trinajstić information content (AvgIpc) is 2.64. The van der Waals surface area contributed by atoms with Crippen LogP contribution >= 0.6 is 23.2 Å². The number of carbonyl (C=O) groups excluding carboxylic acids is 1. The van der Waals surface area contributed by atoms with Gasteiger partial charge in [-0.15, -0.1) is 0 Å². The highest BCUT2D eigenvalue weighted by Gasteiger charge is 2.30. The second kappa shape index (κ2) is 8.56. The van der Waals surface area contributed by atoms with Gasteiger partial charge in [-0.2, -0.15) is 0 Å². The summed E-state index contributed by atoms with van der Waals surface area (Å²) in [5, 5.41) is 1.21. The van der Waals surface area contributed by atoms with Crippen LogP contribution in [0.2, 0.25) is 10.0 Å². The Morgan fingerprint density at radius 3 is 2.30 bits per heavy atom. The van der Waals surface area contributed by atoms with Crippen LogP contribution in [-0.2, 0) is 4.79 Å². The predicted molar refractivity (Wildman–Crippen MR) is 111 cm³/mol. The Hall–Kier alpha value is -1.01. The van der Waals surface area contributed by atoms with Crippen molar-refractivity contribution in [2.45, 2.75) is 25.3 Å². The van der Waals surface area contributed by atoms with Crippen molar-refractivity contribution < 1.29 is 4.79 Å². The molecule has 0 spiro atoms. The van der Waals surface area contributed by atoms with Crippen molar-refractivity contribution in [1.82, 2.24) is 14.7 Å². The molecule has 0 bridgehead atoms. The first-order valence-corrected chi connectivity index (χ1v) is 10.8. The summed E-state index contributed by atoms with van der Waals surface area (Å²) in [5.74, 6) is 0.275. The van der Waals surface area contributed by atoms with E-state index in [1.54, 1.807) is 0 Å². The van der Waals surface area contributed by atoms with Crippen LogP contribution in [0.15, 0.2) is 18.2 Å². The topological polar surface area (TPSA) is 30.0 Å². The number of nitrogens with zero attached hydrogens (tertiary/aromatic N) is 4. The van der Waals surface area contributed by atoms with E-state index in [-0.39, 0.29) is 5.91 Å². The van der Waals surface area contributed by atoms with Crippen LogP contribution in [0.25, 0.3) is 0 Å². The fourth-order valence-corrected chi connectivity index (χ4v) is 4.68. The van der Waals surface area contributed by atoms with Gasteiger partial charge in [0, 0.05) is 58.4 Å². The zero-order valence-electron chi connectivity index (χ0n) is 15.7. The van der Waals surface area contributed by atoms with E-state index in [2.05, 4.69) is 19.6 Å². The third-order valence-corrected chi connectivity index (χ3v) is 7.07. The van der Waals surface area contributed by atoms with Crippen LogP contribution in [0.3, 0.4) is 0 Å². The standard InChI is InChI=1S/C20H28Cl2N4O/c21-17-5-2-6-18(20(17)22)25-9-7-23(8-10-25)15-19(27)26-13-11-24(12-14-26)16-3-1-4-16/h2,5-6,16H,1,3-4,7-15H2. The maximum Gasteiger partial charge on any atom is 0.236 e. The molecule has 2 saturated heterocycles. The Kier molecular flexibility index (Phi) is 6.12. The summed E-state index contributed by atoms with van der Waals surface area (Å²) in [5.41, 5.74) is 0.988. The van der Waals surface area contributed by atoms with Crippen molar-refractivity contribution in [3.8, 4) is 0 Å². The van der Waals surface area contributed by atoms with Crippen LogP contribution in [0, 0.1) is 0 Å². The zero-order valence-corrected chi connectivity index (χ0v) is 17.3. The van der Waals surface area contributed by atoms with Crippen LogP contribution < -0.4 is 4.90 Å². The van der Waals surface area contributed by atoms with Crippen LogP contribution in [0.4, 0.5) is 5.69 Å². The zero-order chi connectivity index (χ0) is 18.8. The van der Waals surface area contributed by atoms with Gasteiger partial charge in [-0.05, 0) is 25.0 Å². The third kappa shape index (κ3) is 4.37. The molecule has 3 fully saturated rings. The highest BCUT2D eigenvalue weighted by molar-refractivity contribution is 6.43. The van der Waals surface area contributed by atoms with Crippen molar-refractivity contribution in [1.29, 1.82) is 0 Å². The number of carbonyl (C=O) groups is 1. The van der Waals surface area contributed by atoms with E-state index in [0.717, 1.165) is 64.1 Å². The Labute approximate surface area is 171 Å². The number of anilines is 1. The minimum atomic E-state index is 0.275. The Balaban J connectivity index is 1.23. The predicted octanol–water partition coefficient (Wildman–Crippen LogP) is 2.81. The molecule has 2 heterocycles. The molecule has 0 N–H and O–H groups in total. The largest absolute Gasteiger partial charge is 0.368 e. The van der Waals surface area contributed by atoms with Gasteiger partial charge >= 0.3 is 0 Å². The fraction of sp³-hybridized carbons (Fsp3) is 0.650. The van der Waals surface area contributed by atoms with Gasteiger partial charge in [0.15, 0.2) is 0 Å². The van der Waals surface area contributed by atoms with Gasteiger partial charge in [0.05, 0.1) is 22.3 Å². The molecule has 27 heavy (non-hydrogen) atoms. The monoisotopic (exact) mass is 410 g/mol. The lowest BCUT2D eigenvalue weighted by Crippen LogP contribution is -2.56. The molecule has 1 aromatic rings. The molecule has 0 radical (unpaired) electrons. The number of hydrogen-bond acceptors (Lipinski definition) is 4. The minimum absolute atomic E-state index is 0.275. The Bertz CT molecular complexity index is 666. The van der Waals surface area contributed by atoms with Crippen molar-refractivity contribution in [3.63, 3.8) is 0 Å². The second-order valence-electron chi connectivity index (χ2n) is 7.84. The normalized spacial score (nSPS) is 22.7. The molecular weight excluding hydrogens is 383 g/mol. The summed E-state index contributed by atoms with van der Waals surface area (Å²) in [6, 6.07) is 6.54. The summed E-state index contributed by atoms with van der Waals surface area (Å²) >= 11 is 12.5. The van der Waals surface area contributed by atoms with Crippen molar-refractivity contribution in [2.24, 2.45) is 0 Å². The van der Waals surface area contributed by atoms with E-state index in [1.807, 2.05) is 18.2 Å². The summed E-state index contributed by atoms with van der Waals surface area (Å²) in [6.45, 7) is 7.84. The molecule has 0 aromatic heterocycles. The minimum Gasteiger partial charge on any atom is -0.368 e. The summed E-state index contributed by atoms with van der Waals surface area (Å²) in [4.78, 5) is 21.8. The van der Waals surface area contributed by atoms with Crippen molar-refractivity contribution in [3.05, 3.63) is 28.2 Å². The number of halogens is 2. The van der Waals surface area contributed by atoms with E-state index < -0.39 is 0 Å². The highest BCUT2D eigenvalue weighted by atomic mass is 35.5. The molecule has 1 amide bonds. The average molecular weight is 411 g/mol. The number of amides is 1. The van der Waals surface area contributed by atoms with Gasteiger partial charge in [-0.3, -0.25) is 14.6 Å². The van der Waals surface area contributed by atoms with Crippen molar-refractivity contribution in [2.75, 3.05) is 63.8 Å². The first kappa shape index (κ1) is 19.3. The fourth-order valence-electron chi connectivity index (χ4n) is 4.26. The number of piperazine rings is 2. The van der Waals surface area contributed by atoms with Crippen LogP contribution in [0.5, 0.6) is 0 Å². The second-order valence-corrected chi connectivity index (χ2v) is 8.62. The van der Waals surface area contributed by atoms with Gasteiger partial charge in [-0.1, -0.05) is 35.7 Å².